The second-order valence-electron chi connectivity index (χ2n) is 8.80. The Bertz CT molecular complexity index is 1220. The number of amides is 2. The number of carbonyl (C=O) groups excluding carboxylic acids is 2. The van der Waals surface area contributed by atoms with Crippen LogP contribution >= 0.6 is 0 Å². The first kappa shape index (κ1) is 25.3. The van der Waals surface area contributed by atoms with E-state index in [1.54, 1.807) is 12.1 Å². The second-order valence-corrected chi connectivity index (χ2v) is 8.80. The van der Waals surface area contributed by atoms with Crippen molar-refractivity contribution < 1.29 is 23.5 Å². The lowest BCUT2D eigenvalue weighted by molar-refractivity contribution is 0.132. The molecule has 190 valence electrons. The lowest BCUT2D eigenvalue weighted by atomic mass is 9.97. The summed E-state index contributed by atoms with van der Waals surface area (Å²) < 4.78 is 27.1. The fourth-order valence-corrected chi connectivity index (χ4v) is 4.48. The SMILES string of the molecule is CCCNC(=O)OCc1c(COC(=O)NCCC)c(-c2ccc(F)cc2)n2c1Cc1ccccc1C2. The number of ether oxygens (including phenoxy) is 2. The van der Waals surface area contributed by atoms with Crippen molar-refractivity contribution in [2.45, 2.75) is 52.9 Å². The number of hydrogen-bond donors (Lipinski definition) is 2. The predicted molar refractivity (Wildman–Crippen MR) is 135 cm³/mol. The minimum atomic E-state index is -0.512. The van der Waals surface area contributed by atoms with Crippen LogP contribution in [-0.2, 0) is 35.7 Å². The lowest BCUT2D eigenvalue weighted by Crippen LogP contribution is -2.25. The van der Waals surface area contributed by atoms with Crippen molar-refractivity contribution >= 4 is 12.2 Å². The molecule has 2 amide bonds. The molecule has 0 saturated carbocycles. The van der Waals surface area contributed by atoms with Gasteiger partial charge in [-0.05, 0) is 53.8 Å². The third-order valence-corrected chi connectivity index (χ3v) is 6.25. The number of halogens is 1. The van der Waals surface area contributed by atoms with Crippen LogP contribution < -0.4 is 10.6 Å². The Hall–Kier alpha value is -3.81. The summed E-state index contributed by atoms with van der Waals surface area (Å²) in [6, 6.07) is 14.5. The first-order valence-corrected chi connectivity index (χ1v) is 12.4. The van der Waals surface area contributed by atoms with Crippen molar-refractivity contribution in [2.75, 3.05) is 13.1 Å². The number of alkyl carbamates (subject to hydrolysis) is 2. The Labute approximate surface area is 210 Å². The molecule has 7 nitrogen and oxygen atoms in total. The van der Waals surface area contributed by atoms with Crippen LogP contribution in [0.4, 0.5) is 14.0 Å². The molecule has 0 aliphatic carbocycles. The maximum Gasteiger partial charge on any atom is 0.407 e. The normalized spacial score (nSPS) is 11.9. The smallest absolute Gasteiger partial charge is 0.407 e. The van der Waals surface area contributed by atoms with E-state index in [-0.39, 0.29) is 19.0 Å². The highest BCUT2D eigenvalue weighted by Gasteiger charge is 2.29. The van der Waals surface area contributed by atoms with Gasteiger partial charge in [0.15, 0.2) is 0 Å². The van der Waals surface area contributed by atoms with Crippen molar-refractivity contribution in [1.82, 2.24) is 15.2 Å². The van der Waals surface area contributed by atoms with Gasteiger partial charge in [0.05, 0.1) is 5.69 Å². The molecule has 1 aromatic heterocycles. The van der Waals surface area contributed by atoms with Crippen molar-refractivity contribution in [1.29, 1.82) is 0 Å². The molecule has 0 bridgehead atoms. The van der Waals surface area contributed by atoms with Gasteiger partial charge in [-0.25, -0.2) is 14.0 Å². The second kappa shape index (κ2) is 11.7. The third kappa shape index (κ3) is 5.70. The summed E-state index contributed by atoms with van der Waals surface area (Å²) in [6.45, 7) is 5.60. The van der Waals surface area contributed by atoms with E-state index in [4.69, 9.17) is 9.47 Å². The van der Waals surface area contributed by atoms with Crippen molar-refractivity contribution in [2.24, 2.45) is 0 Å². The molecule has 0 unspecified atom stereocenters. The van der Waals surface area contributed by atoms with Crippen molar-refractivity contribution in [3.8, 4) is 11.3 Å². The maximum atomic E-state index is 13.8. The molecular formula is C28H32FN3O4. The highest BCUT2D eigenvalue weighted by Crippen LogP contribution is 2.38. The van der Waals surface area contributed by atoms with Gasteiger partial charge < -0.3 is 24.7 Å². The van der Waals surface area contributed by atoms with Crippen LogP contribution in [0.25, 0.3) is 11.3 Å². The summed E-state index contributed by atoms with van der Waals surface area (Å²) in [5.74, 6) is -0.331. The quantitative estimate of drug-likeness (QED) is 0.322. The molecule has 36 heavy (non-hydrogen) atoms. The van der Waals surface area contributed by atoms with E-state index in [0.29, 0.717) is 26.1 Å². The number of benzene rings is 2. The summed E-state index contributed by atoms with van der Waals surface area (Å²) in [7, 11) is 0. The van der Waals surface area contributed by atoms with E-state index in [2.05, 4.69) is 27.3 Å². The van der Waals surface area contributed by atoms with E-state index >= 15 is 0 Å². The van der Waals surface area contributed by atoms with Gasteiger partial charge in [-0.3, -0.25) is 0 Å². The molecule has 8 heteroatoms. The molecule has 4 rings (SSSR count). The first-order valence-electron chi connectivity index (χ1n) is 12.4. The standard InChI is InChI=1S/C28H32FN3O4/c1-3-13-30-27(33)35-17-23-24(18-36-28(34)31-14-4-2)26(19-9-11-22(29)12-10-19)32-16-21-8-6-5-7-20(21)15-25(23)32/h5-12H,3-4,13-18H2,1-2H3,(H,30,33)(H,31,34). The number of fused-ring (bicyclic) bond motifs is 2. The number of rotatable bonds is 9. The van der Waals surface area contributed by atoms with Gasteiger partial charge in [0.25, 0.3) is 0 Å². The summed E-state index contributed by atoms with van der Waals surface area (Å²) in [5, 5.41) is 5.46. The Morgan fingerprint density at radius 3 is 2.06 bits per heavy atom. The van der Waals surface area contributed by atoms with Gasteiger partial charge in [0.2, 0.25) is 0 Å². The average molecular weight is 494 g/mol. The summed E-state index contributed by atoms with van der Waals surface area (Å²) in [6.07, 6.45) is 1.22. The number of nitrogens with zero attached hydrogens (tertiary/aromatic N) is 1. The van der Waals surface area contributed by atoms with Gasteiger partial charge in [-0.15, -0.1) is 0 Å². The van der Waals surface area contributed by atoms with Crippen molar-refractivity contribution in [3.63, 3.8) is 0 Å². The van der Waals surface area contributed by atoms with E-state index in [1.165, 1.54) is 23.3 Å². The van der Waals surface area contributed by atoms with E-state index in [9.17, 15) is 14.0 Å². The molecule has 1 aliphatic rings. The Kier molecular flexibility index (Phi) is 8.25. The lowest BCUT2D eigenvalue weighted by Gasteiger charge is -2.22. The first-order chi connectivity index (χ1) is 17.5. The van der Waals surface area contributed by atoms with Crippen LogP contribution in [0.5, 0.6) is 0 Å². The van der Waals surface area contributed by atoms with Crippen LogP contribution in [0.15, 0.2) is 48.5 Å². The Morgan fingerprint density at radius 2 is 1.44 bits per heavy atom. The van der Waals surface area contributed by atoms with Crippen LogP contribution in [0.3, 0.4) is 0 Å². The molecule has 0 atom stereocenters. The molecule has 0 saturated heterocycles. The number of carbonyl (C=O) groups is 2. The van der Waals surface area contributed by atoms with E-state index in [0.717, 1.165) is 40.9 Å². The van der Waals surface area contributed by atoms with E-state index in [1.807, 2.05) is 26.0 Å². The van der Waals surface area contributed by atoms with Gasteiger partial charge >= 0.3 is 12.2 Å². The largest absolute Gasteiger partial charge is 0.445 e. The van der Waals surface area contributed by atoms with Gasteiger partial charge in [0.1, 0.15) is 19.0 Å². The van der Waals surface area contributed by atoms with Gasteiger partial charge in [-0.1, -0.05) is 38.1 Å². The van der Waals surface area contributed by atoms with Crippen LogP contribution in [0.1, 0.15) is 54.6 Å². The number of aromatic nitrogens is 1. The molecule has 2 N–H and O–H groups in total. The van der Waals surface area contributed by atoms with E-state index < -0.39 is 12.2 Å². The molecule has 0 radical (unpaired) electrons. The minimum Gasteiger partial charge on any atom is -0.445 e. The molecule has 0 fully saturated rings. The number of hydrogen-bond acceptors (Lipinski definition) is 4. The maximum absolute atomic E-state index is 13.8. The molecule has 2 aromatic carbocycles. The van der Waals surface area contributed by atoms with Crippen LogP contribution in [0.2, 0.25) is 0 Å². The monoisotopic (exact) mass is 493 g/mol. The summed E-state index contributed by atoms with van der Waals surface area (Å²) in [5.41, 5.74) is 6.55. The highest BCUT2D eigenvalue weighted by atomic mass is 19.1. The zero-order chi connectivity index (χ0) is 25.5. The minimum absolute atomic E-state index is 0.00608. The van der Waals surface area contributed by atoms with Gasteiger partial charge in [0, 0.05) is 42.9 Å². The molecule has 1 aliphatic heterocycles. The topological polar surface area (TPSA) is 81.6 Å². The van der Waals surface area contributed by atoms with Crippen molar-refractivity contribution in [3.05, 3.63) is 82.3 Å². The highest BCUT2D eigenvalue weighted by molar-refractivity contribution is 5.71. The number of nitrogens with one attached hydrogen (secondary N) is 2. The molecular weight excluding hydrogens is 461 g/mol. The Balaban J connectivity index is 1.77. The predicted octanol–water partition coefficient (Wildman–Crippen LogP) is 5.52. The van der Waals surface area contributed by atoms with Crippen LogP contribution in [0, 0.1) is 5.82 Å². The molecule has 2 heterocycles. The third-order valence-electron chi connectivity index (χ3n) is 6.25. The fourth-order valence-electron chi connectivity index (χ4n) is 4.48. The Morgan fingerprint density at radius 1 is 0.861 bits per heavy atom. The fraction of sp³-hybridized carbons (Fsp3) is 0.357. The summed E-state index contributed by atoms with van der Waals surface area (Å²) in [4.78, 5) is 24.6. The zero-order valence-corrected chi connectivity index (χ0v) is 20.7. The molecule has 3 aromatic rings. The summed E-state index contributed by atoms with van der Waals surface area (Å²) >= 11 is 0. The van der Waals surface area contributed by atoms with Gasteiger partial charge in [-0.2, -0.15) is 0 Å². The molecule has 0 spiro atoms. The zero-order valence-electron chi connectivity index (χ0n) is 20.7. The average Bonchev–Trinajstić information content (AvgIpc) is 3.19. The van der Waals surface area contributed by atoms with Crippen LogP contribution in [-0.4, -0.2) is 29.8 Å².